The topological polar surface area (TPSA) is 30.5 Å². The highest BCUT2D eigenvalue weighted by atomic mass is 79.9. The van der Waals surface area contributed by atoms with Crippen LogP contribution in [0.15, 0.2) is 40.9 Å². The molecule has 0 bridgehead atoms. The van der Waals surface area contributed by atoms with E-state index in [9.17, 15) is 0 Å². The molecule has 0 spiro atoms. The van der Waals surface area contributed by atoms with Crippen molar-refractivity contribution >= 4 is 27.5 Å². The van der Waals surface area contributed by atoms with Gasteiger partial charge < -0.3 is 14.8 Å². The number of benzene rings is 2. The normalized spacial score (nSPS) is 14.7. The zero-order valence-electron chi connectivity index (χ0n) is 14.4. The Labute approximate surface area is 162 Å². The Bertz CT molecular complexity index is 700. The van der Waals surface area contributed by atoms with Crippen LogP contribution in [0, 0.1) is 0 Å². The van der Waals surface area contributed by atoms with Crippen LogP contribution < -0.4 is 14.8 Å². The van der Waals surface area contributed by atoms with Crippen LogP contribution in [0.25, 0.3) is 0 Å². The molecule has 2 aromatic carbocycles. The first-order valence-corrected chi connectivity index (χ1v) is 9.80. The Morgan fingerprint density at radius 1 is 1.12 bits per heavy atom. The third-order valence-corrected chi connectivity index (χ3v) is 5.60. The highest BCUT2D eigenvalue weighted by Crippen LogP contribution is 2.37. The number of ether oxygens (including phenoxy) is 2. The number of hydrogen-bond donors (Lipinski definition) is 1. The van der Waals surface area contributed by atoms with Crippen LogP contribution in [-0.2, 0) is 13.2 Å². The van der Waals surface area contributed by atoms with Crippen LogP contribution in [0.2, 0.25) is 5.02 Å². The van der Waals surface area contributed by atoms with Gasteiger partial charge in [-0.2, -0.15) is 0 Å². The predicted octanol–water partition coefficient (Wildman–Crippen LogP) is 5.72. The van der Waals surface area contributed by atoms with E-state index in [2.05, 4.69) is 21.2 Å². The second-order valence-corrected chi connectivity index (χ2v) is 7.63. The minimum atomic E-state index is 0.473. The van der Waals surface area contributed by atoms with Gasteiger partial charge in [0.2, 0.25) is 0 Å². The Kier molecular flexibility index (Phi) is 6.63. The average Bonchev–Trinajstić information content (AvgIpc) is 3.14. The minimum Gasteiger partial charge on any atom is -0.493 e. The summed E-state index contributed by atoms with van der Waals surface area (Å²) in [5, 5.41) is 4.38. The van der Waals surface area contributed by atoms with E-state index in [1.165, 1.54) is 25.7 Å². The van der Waals surface area contributed by atoms with Gasteiger partial charge in [0.15, 0.2) is 11.5 Å². The van der Waals surface area contributed by atoms with Crippen molar-refractivity contribution in [1.82, 2.24) is 5.32 Å². The summed E-state index contributed by atoms with van der Waals surface area (Å²) in [5.41, 5.74) is 2.17. The third kappa shape index (κ3) is 4.90. The van der Waals surface area contributed by atoms with Crippen molar-refractivity contribution in [2.45, 2.75) is 44.9 Å². The van der Waals surface area contributed by atoms with Crippen molar-refractivity contribution in [1.29, 1.82) is 0 Å². The second kappa shape index (κ2) is 8.93. The summed E-state index contributed by atoms with van der Waals surface area (Å²) in [6, 6.07) is 12.2. The van der Waals surface area contributed by atoms with Crippen LogP contribution in [0.4, 0.5) is 0 Å². The average molecular weight is 425 g/mol. The van der Waals surface area contributed by atoms with Crippen molar-refractivity contribution in [3.63, 3.8) is 0 Å². The van der Waals surface area contributed by atoms with E-state index in [0.717, 1.165) is 38.7 Å². The molecule has 0 unspecified atom stereocenters. The Morgan fingerprint density at radius 2 is 1.84 bits per heavy atom. The van der Waals surface area contributed by atoms with E-state index in [4.69, 9.17) is 21.1 Å². The molecule has 134 valence electrons. The van der Waals surface area contributed by atoms with Crippen LogP contribution in [0.1, 0.15) is 36.8 Å². The Hall–Kier alpha value is -1.23. The van der Waals surface area contributed by atoms with Gasteiger partial charge in [-0.05, 0) is 42.7 Å². The van der Waals surface area contributed by atoms with Crippen LogP contribution in [0.3, 0.4) is 0 Å². The monoisotopic (exact) mass is 423 g/mol. The van der Waals surface area contributed by atoms with Gasteiger partial charge in [-0.3, -0.25) is 0 Å². The summed E-state index contributed by atoms with van der Waals surface area (Å²) in [5.74, 6) is 1.54. The molecule has 25 heavy (non-hydrogen) atoms. The molecule has 1 saturated carbocycles. The SMILES string of the molecule is COc1ccc(Br)c(CNC2CCCC2)c1OCc1ccc(Cl)cc1. The molecular weight excluding hydrogens is 402 g/mol. The fraction of sp³-hybridized carbons (Fsp3) is 0.400. The van der Waals surface area contributed by atoms with Crippen molar-refractivity contribution in [3.8, 4) is 11.5 Å². The first-order chi connectivity index (χ1) is 12.2. The zero-order chi connectivity index (χ0) is 17.6. The molecule has 0 amide bonds. The molecule has 3 nitrogen and oxygen atoms in total. The van der Waals surface area contributed by atoms with Gasteiger partial charge in [0.1, 0.15) is 6.61 Å². The third-order valence-electron chi connectivity index (χ3n) is 4.61. The van der Waals surface area contributed by atoms with Gasteiger partial charge in [0.05, 0.1) is 7.11 Å². The zero-order valence-corrected chi connectivity index (χ0v) is 16.7. The first kappa shape index (κ1) is 18.6. The summed E-state index contributed by atoms with van der Waals surface area (Å²) in [6.45, 7) is 1.23. The van der Waals surface area contributed by atoms with Crippen molar-refractivity contribution in [2.24, 2.45) is 0 Å². The number of rotatable bonds is 7. The molecule has 2 aromatic rings. The van der Waals surface area contributed by atoms with Gasteiger partial charge in [-0.15, -0.1) is 0 Å². The summed E-state index contributed by atoms with van der Waals surface area (Å²) in [6.07, 6.45) is 5.14. The van der Waals surface area contributed by atoms with Gasteiger partial charge in [0, 0.05) is 27.6 Å². The molecule has 5 heteroatoms. The maximum absolute atomic E-state index is 6.14. The number of hydrogen-bond acceptors (Lipinski definition) is 3. The lowest BCUT2D eigenvalue weighted by Crippen LogP contribution is -2.25. The first-order valence-electron chi connectivity index (χ1n) is 8.63. The number of halogens is 2. The summed E-state index contributed by atoms with van der Waals surface area (Å²) < 4.78 is 12.7. The summed E-state index contributed by atoms with van der Waals surface area (Å²) in [7, 11) is 1.67. The molecule has 0 heterocycles. The highest BCUT2D eigenvalue weighted by molar-refractivity contribution is 9.10. The number of nitrogens with one attached hydrogen (secondary N) is 1. The van der Waals surface area contributed by atoms with Gasteiger partial charge in [-0.25, -0.2) is 0 Å². The maximum Gasteiger partial charge on any atom is 0.167 e. The molecule has 0 radical (unpaired) electrons. The lowest BCUT2D eigenvalue weighted by molar-refractivity contribution is 0.280. The van der Waals surface area contributed by atoms with E-state index in [-0.39, 0.29) is 0 Å². The van der Waals surface area contributed by atoms with Gasteiger partial charge in [0.25, 0.3) is 0 Å². The standard InChI is InChI=1S/C20H23BrClNO2/c1-24-19-11-10-18(21)17(12-23-16-4-2-3-5-16)20(19)25-13-14-6-8-15(22)9-7-14/h6-11,16,23H,2-5,12-13H2,1H3. The van der Waals surface area contributed by atoms with E-state index < -0.39 is 0 Å². The number of methoxy groups -OCH3 is 1. The van der Waals surface area contributed by atoms with Crippen LogP contribution in [-0.4, -0.2) is 13.2 Å². The molecule has 0 saturated heterocycles. The van der Waals surface area contributed by atoms with Crippen molar-refractivity contribution < 1.29 is 9.47 Å². The largest absolute Gasteiger partial charge is 0.493 e. The smallest absolute Gasteiger partial charge is 0.167 e. The molecular formula is C20H23BrClNO2. The molecule has 1 N–H and O–H groups in total. The predicted molar refractivity (Wildman–Crippen MR) is 106 cm³/mol. The van der Waals surface area contributed by atoms with Gasteiger partial charge in [-0.1, -0.05) is 52.5 Å². The van der Waals surface area contributed by atoms with Crippen LogP contribution in [0.5, 0.6) is 11.5 Å². The molecule has 1 fully saturated rings. The molecule has 1 aliphatic carbocycles. The fourth-order valence-corrected chi connectivity index (χ4v) is 3.76. The fourth-order valence-electron chi connectivity index (χ4n) is 3.18. The lowest BCUT2D eigenvalue weighted by Gasteiger charge is -2.19. The minimum absolute atomic E-state index is 0.473. The highest BCUT2D eigenvalue weighted by Gasteiger charge is 2.18. The lowest BCUT2D eigenvalue weighted by atomic mass is 10.1. The Balaban J connectivity index is 1.76. The Morgan fingerprint density at radius 3 is 2.52 bits per heavy atom. The molecule has 0 atom stereocenters. The molecule has 0 aromatic heterocycles. The van der Waals surface area contributed by atoms with E-state index in [1.807, 2.05) is 36.4 Å². The van der Waals surface area contributed by atoms with Crippen molar-refractivity contribution in [2.75, 3.05) is 7.11 Å². The summed E-state index contributed by atoms with van der Waals surface area (Å²) >= 11 is 9.61. The van der Waals surface area contributed by atoms with Crippen LogP contribution >= 0.6 is 27.5 Å². The van der Waals surface area contributed by atoms with Crippen molar-refractivity contribution in [3.05, 3.63) is 57.0 Å². The second-order valence-electron chi connectivity index (χ2n) is 6.33. The van der Waals surface area contributed by atoms with E-state index in [0.29, 0.717) is 12.6 Å². The summed E-state index contributed by atoms with van der Waals surface area (Å²) in [4.78, 5) is 0. The quantitative estimate of drug-likeness (QED) is 0.616. The van der Waals surface area contributed by atoms with E-state index in [1.54, 1.807) is 7.11 Å². The van der Waals surface area contributed by atoms with Gasteiger partial charge >= 0.3 is 0 Å². The maximum atomic E-state index is 6.14. The molecule has 3 rings (SSSR count). The molecule has 1 aliphatic rings. The van der Waals surface area contributed by atoms with E-state index >= 15 is 0 Å². The molecule has 0 aliphatic heterocycles.